The van der Waals surface area contributed by atoms with Gasteiger partial charge >= 0.3 is 0 Å². The largest absolute Gasteiger partial charge is 0.399 e. The average Bonchev–Trinajstić information content (AvgIpc) is 2.42. The van der Waals surface area contributed by atoms with Crippen LogP contribution in [0.5, 0.6) is 0 Å². The second kappa shape index (κ2) is 5.95. The molecule has 2 aromatic rings. The van der Waals surface area contributed by atoms with Crippen LogP contribution in [-0.4, -0.2) is 23.3 Å². The summed E-state index contributed by atoms with van der Waals surface area (Å²) in [7, 11) is 1.50. The van der Waals surface area contributed by atoms with E-state index in [1.165, 1.54) is 7.11 Å². The molecule has 98 valence electrons. The molecule has 1 heterocycles. The molecule has 1 aromatic carbocycles. The predicted octanol–water partition coefficient (Wildman–Crippen LogP) is 2.82. The Morgan fingerprint density at radius 1 is 1.16 bits per heavy atom. The van der Waals surface area contributed by atoms with E-state index < -0.39 is 0 Å². The molecule has 0 spiro atoms. The molecule has 0 aliphatic rings. The van der Waals surface area contributed by atoms with E-state index in [9.17, 15) is 0 Å². The Morgan fingerprint density at radius 3 is 2.58 bits per heavy atom. The molecule has 19 heavy (non-hydrogen) atoms. The minimum Gasteiger partial charge on any atom is -0.399 e. The number of rotatable bonds is 4. The van der Waals surface area contributed by atoms with Crippen LogP contribution in [0.1, 0.15) is 17.0 Å². The van der Waals surface area contributed by atoms with Crippen LogP contribution < -0.4 is 5.32 Å². The van der Waals surface area contributed by atoms with Crippen LogP contribution in [0.4, 0.5) is 11.6 Å². The molecule has 1 N–H and O–H groups in total. The molecule has 5 heteroatoms. The molecule has 0 unspecified atom stereocenters. The van der Waals surface area contributed by atoms with Crippen LogP contribution >= 0.6 is 0 Å². The van der Waals surface area contributed by atoms with Gasteiger partial charge in [-0.15, -0.1) is 0 Å². The molecule has 2 rings (SSSR count). The maximum Gasteiger partial charge on any atom is 0.228 e. The standard InChI is InChI=1S/C14H16N4O/c1-10-11(2)16-14(18-13(10)9-15-19-3)17-12-7-5-4-6-8-12/h4-9H,1-3H3,(H,16,17,18)/b15-9-. The topological polar surface area (TPSA) is 59.4 Å². The molecule has 0 aliphatic heterocycles. The Bertz CT molecular complexity index is 581. The predicted molar refractivity (Wildman–Crippen MR) is 75.8 cm³/mol. The summed E-state index contributed by atoms with van der Waals surface area (Å²) in [6, 6.07) is 9.79. The molecule has 0 aliphatic carbocycles. The Kier molecular flexibility index (Phi) is 4.07. The normalized spacial score (nSPS) is 10.7. The third-order valence-corrected chi connectivity index (χ3v) is 2.74. The summed E-state index contributed by atoms with van der Waals surface area (Å²) in [6.45, 7) is 3.90. The van der Waals surface area contributed by atoms with Gasteiger partial charge in [0.1, 0.15) is 7.11 Å². The monoisotopic (exact) mass is 256 g/mol. The number of aryl methyl sites for hydroxylation is 1. The lowest BCUT2D eigenvalue weighted by atomic mass is 10.2. The minimum absolute atomic E-state index is 0.548. The van der Waals surface area contributed by atoms with Gasteiger partial charge in [0.05, 0.1) is 11.9 Å². The van der Waals surface area contributed by atoms with E-state index in [0.29, 0.717) is 5.95 Å². The van der Waals surface area contributed by atoms with Gasteiger partial charge in [-0.3, -0.25) is 0 Å². The maximum absolute atomic E-state index is 4.69. The summed E-state index contributed by atoms with van der Waals surface area (Å²) in [5.41, 5.74) is 3.58. The Morgan fingerprint density at radius 2 is 1.89 bits per heavy atom. The van der Waals surface area contributed by atoms with E-state index >= 15 is 0 Å². The number of para-hydroxylation sites is 1. The van der Waals surface area contributed by atoms with Crippen LogP contribution in [0.3, 0.4) is 0 Å². The van der Waals surface area contributed by atoms with E-state index in [2.05, 4.69) is 25.3 Å². The van der Waals surface area contributed by atoms with Gasteiger partial charge in [0.15, 0.2) is 0 Å². The molecule has 0 radical (unpaired) electrons. The van der Waals surface area contributed by atoms with Gasteiger partial charge in [-0.05, 0) is 31.5 Å². The Balaban J connectivity index is 2.31. The van der Waals surface area contributed by atoms with Gasteiger partial charge in [0.2, 0.25) is 5.95 Å². The summed E-state index contributed by atoms with van der Waals surface area (Å²) in [5.74, 6) is 0.548. The first-order valence-corrected chi connectivity index (χ1v) is 5.94. The van der Waals surface area contributed by atoms with E-state index in [1.54, 1.807) is 6.21 Å². The van der Waals surface area contributed by atoms with Crippen molar-refractivity contribution in [3.63, 3.8) is 0 Å². The van der Waals surface area contributed by atoms with Crippen molar-refractivity contribution in [2.75, 3.05) is 12.4 Å². The van der Waals surface area contributed by atoms with Gasteiger partial charge < -0.3 is 10.2 Å². The third-order valence-electron chi connectivity index (χ3n) is 2.74. The first-order valence-electron chi connectivity index (χ1n) is 5.94. The minimum atomic E-state index is 0.548. The Labute approximate surface area is 112 Å². The second-order valence-electron chi connectivity index (χ2n) is 4.05. The molecule has 0 fully saturated rings. The van der Waals surface area contributed by atoms with Crippen LogP contribution in [0.25, 0.3) is 0 Å². The molecule has 0 saturated heterocycles. The number of hydrogen-bond acceptors (Lipinski definition) is 5. The zero-order valence-corrected chi connectivity index (χ0v) is 11.2. The smallest absolute Gasteiger partial charge is 0.228 e. The van der Waals surface area contributed by atoms with E-state index in [1.807, 2.05) is 44.2 Å². The van der Waals surface area contributed by atoms with E-state index in [0.717, 1.165) is 22.6 Å². The van der Waals surface area contributed by atoms with Gasteiger partial charge in [0, 0.05) is 11.4 Å². The van der Waals surface area contributed by atoms with Gasteiger partial charge in [-0.25, -0.2) is 9.97 Å². The number of oxime groups is 1. The van der Waals surface area contributed by atoms with Crippen molar-refractivity contribution in [2.24, 2.45) is 5.16 Å². The molecular weight excluding hydrogens is 240 g/mol. The van der Waals surface area contributed by atoms with Crippen molar-refractivity contribution in [1.29, 1.82) is 0 Å². The zero-order chi connectivity index (χ0) is 13.7. The van der Waals surface area contributed by atoms with E-state index in [-0.39, 0.29) is 0 Å². The van der Waals surface area contributed by atoms with Crippen molar-refractivity contribution in [1.82, 2.24) is 9.97 Å². The molecule has 1 aromatic heterocycles. The average molecular weight is 256 g/mol. The van der Waals surface area contributed by atoms with Crippen molar-refractivity contribution in [3.05, 3.63) is 47.3 Å². The molecule has 5 nitrogen and oxygen atoms in total. The molecule has 0 saturated carbocycles. The highest BCUT2D eigenvalue weighted by atomic mass is 16.6. The van der Waals surface area contributed by atoms with Gasteiger partial charge in [-0.2, -0.15) is 0 Å². The van der Waals surface area contributed by atoms with Crippen LogP contribution in [0.15, 0.2) is 35.5 Å². The lowest BCUT2D eigenvalue weighted by Crippen LogP contribution is -2.05. The van der Waals surface area contributed by atoms with Crippen LogP contribution in [0, 0.1) is 13.8 Å². The quantitative estimate of drug-likeness (QED) is 0.675. The maximum atomic E-state index is 4.69. The zero-order valence-electron chi connectivity index (χ0n) is 11.2. The lowest BCUT2D eigenvalue weighted by molar-refractivity contribution is 0.215. The first kappa shape index (κ1) is 13.0. The fourth-order valence-corrected chi connectivity index (χ4v) is 1.59. The van der Waals surface area contributed by atoms with E-state index in [4.69, 9.17) is 0 Å². The summed E-state index contributed by atoms with van der Waals surface area (Å²) in [4.78, 5) is 13.5. The molecule has 0 bridgehead atoms. The number of benzene rings is 1. The first-order chi connectivity index (χ1) is 9.20. The highest BCUT2D eigenvalue weighted by Crippen LogP contribution is 2.15. The molecule has 0 atom stereocenters. The summed E-state index contributed by atoms with van der Waals surface area (Å²) in [5, 5.41) is 6.91. The van der Waals surface area contributed by atoms with Crippen molar-refractivity contribution >= 4 is 17.9 Å². The number of nitrogens with one attached hydrogen (secondary N) is 1. The summed E-state index contributed by atoms with van der Waals surface area (Å²) < 4.78 is 0. The second-order valence-corrected chi connectivity index (χ2v) is 4.05. The van der Waals surface area contributed by atoms with Crippen molar-refractivity contribution in [2.45, 2.75) is 13.8 Å². The highest BCUT2D eigenvalue weighted by Gasteiger charge is 2.06. The fourth-order valence-electron chi connectivity index (χ4n) is 1.59. The van der Waals surface area contributed by atoms with Gasteiger partial charge in [0.25, 0.3) is 0 Å². The van der Waals surface area contributed by atoms with Crippen LogP contribution in [0.2, 0.25) is 0 Å². The lowest BCUT2D eigenvalue weighted by Gasteiger charge is -2.09. The van der Waals surface area contributed by atoms with Gasteiger partial charge in [-0.1, -0.05) is 23.4 Å². The number of anilines is 2. The number of hydrogen-bond donors (Lipinski definition) is 1. The summed E-state index contributed by atoms with van der Waals surface area (Å²) >= 11 is 0. The third kappa shape index (κ3) is 3.28. The highest BCUT2D eigenvalue weighted by molar-refractivity contribution is 5.79. The fraction of sp³-hybridized carbons (Fsp3) is 0.214. The number of aromatic nitrogens is 2. The SMILES string of the molecule is CO/N=C\c1nc(Nc2ccccc2)nc(C)c1C. The van der Waals surface area contributed by atoms with Crippen molar-refractivity contribution < 1.29 is 4.84 Å². The van der Waals surface area contributed by atoms with Crippen molar-refractivity contribution in [3.8, 4) is 0 Å². The molecule has 0 amide bonds. The number of nitrogens with zero attached hydrogens (tertiary/aromatic N) is 3. The molecular formula is C14H16N4O. The Hall–Kier alpha value is -2.43. The van der Waals surface area contributed by atoms with Crippen LogP contribution in [-0.2, 0) is 4.84 Å². The summed E-state index contributed by atoms with van der Waals surface area (Å²) in [6.07, 6.45) is 1.58.